The summed E-state index contributed by atoms with van der Waals surface area (Å²) in [4.78, 5) is 0.345. The maximum atomic E-state index is 12.9. The van der Waals surface area contributed by atoms with Crippen LogP contribution in [0.15, 0.2) is 53.4 Å². The van der Waals surface area contributed by atoms with Gasteiger partial charge in [-0.3, -0.25) is 4.31 Å². The Balaban J connectivity index is 2.07. The van der Waals surface area contributed by atoms with Crippen molar-refractivity contribution in [3.63, 3.8) is 0 Å². The Morgan fingerprint density at radius 3 is 2.48 bits per heavy atom. The van der Waals surface area contributed by atoms with E-state index in [1.807, 2.05) is 43.3 Å². The van der Waals surface area contributed by atoms with E-state index in [9.17, 15) is 8.42 Å². The molecule has 5 heteroatoms. The molecule has 1 aliphatic heterocycles. The number of aryl methyl sites for hydroxylation is 1. The molecule has 0 aromatic heterocycles. The van der Waals surface area contributed by atoms with E-state index in [2.05, 4.69) is 15.9 Å². The molecule has 1 unspecified atom stereocenters. The van der Waals surface area contributed by atoms with Gasteiger partial charge in [-0.15, -0.1) is 0 Å². The Bertz CT molecular complexity index is 756. The molecule has 0 amide bonds. The Morgan fingerprint density at radius 1 is 1.14 bits per heavy atom. The SMILES string of the molecule is Cc1ccc(S(=O)(=O)N2CC(CBr)c3ccccc32)cc1. The van der Waals surface area contributed by atoms with E-state index in [1.54, 1.807) is 12.1 Å². The van der Waals surface area contributed by atoms with E-state index in [0.717, 1.165) is 22.1 Å². The molecule has 1 heterocycles. The van der Waals surface area contributed by atoms with Crippen molar-refractivity contribution in [3.8, 4) is 0 Å². The van der Waals surface area contributed by atoms with Crippen molar-refractivity contribution < 1.29 is 8.42 Å². The van der Waals surface area contributed by atoms with Crippen molar-refractivity contribution in [2.24, 2.45) is 0 Å². The predicted molar refractivity (Wildman–Crippen MR) is 88.7 cm³/mol. The van der Waals surface area contributed by atoms with Crippen LogP contribution in [0.4, 0.5) is 5.69 Å². The molecule has 3 nitrogen and oxygen atoms in total. The first-order chi connectivity index (χ1) is 10.0. The molecular formula is C16H16BrNO2S. The summed E-state index contributed by atoms with van der Waals surface area (Å²) in [5, 5.41) is 0.754. The zero-order valence-corrected chi connectivity index (χ0v) is 14.1. The number of nitrogens with zero attached hydrogens (tertiary/aromatic N) is 1. The monoisotopic (exact) mass is 365 g/mol. The lowest BCUT2D eigenvalue weighted by molar-refractivity contribution is 0.590. The number of anilines is 1. The number of benzene rings is 2. The van der Waals surface area contributed by atoms with Gasteiger partial charge in [-0.05, 0) is 30.7 Å². The minimum atomic E-state index is -3.50. The molecule has 3 rings (SSSR count). The highest BCUT2D eigenvalue weighted by Gasteiger charge is 2.35. The molecule has 0 N–H and O–H groups in total. The Morgan fingerprint density at radius 2 is 1.81 bits per heavy atom. The first-order valence-electron chi connectivity index (χ1n) is 6.78. The van der Waals surface area contributed by atoms with Crippen LogP contribution in [0.5, 0.6) is 0 Å². The van der Waals surface area contributed by atoms with Crippen LogP contribution in [-0.2, 0) is 10.0 Å². The Hall–Kier alpha value is -1.33. The van der Waals surface area contributed by atoms with Gasteiger partial charge in [-0.2, -0.15) is 0 Å². The molecule has 0 fully saturated rings. The quantitative estimate of drug-likeness (QED) is 0.777. The van der Waals surface area contributed by atoms with E-state index >= 15 is 0 Å². The zero-order chi connectivity index (χ0) is 15.0. The van der Waals surface area contributed by atoms with Crippen LogP contribution in [0.1, 0.15) is 17.0 Å². The maximum absolute atomic E-state index is 12.9. The molecule has 0 radical (unpaired) electrons. The van der Waals surface area contributed by atoms with Crippen LogP contribution < -0.4 is 4.31 Å². The highest BCUT2D eigenvalue weighted by molar-refractivity contribution is 9.09. The highest BCUT2D eigenvalue weighted by Crippen LogP contribution is 2.40. The number of rotatable bonds is 3. The van der Waals surface area contributed by atoms with Crippen molar-refractivity contribution >= 4 is 31.6 Å². The molecule has 0 bridgehead atoms. The van der Waals surface area contributed by atoms with Gasteiger partial charge in [0.25, 0.3) is 10.0 Å². The van der Waals surface area contributed by atoms with Crippen molar-refractivity contribution in [3.05, 3.63) is 59.7 Å². The third-order valence-electron chi connectivity index (χ3n) is 3.83. The van der Waals surface area contributed by atoms with Gasteiger partial charge >= 0.3 is 0 Å². The van der Waals surface area contributed by atoms with Crippen molar-refractivity contribution in [2.75, 3.05) is 16.2 Å². The maximum Gasteiger partial charge on any atom is 0.264 e. The second-order valence-electron chi connectivity index (χ2n) is 5.26. The summed E-state index contributed by atoms with van der Waals surface area (Å²) in [5.41, 5.74) is 2.93. The molecule has 0 spiro atoms. The minimum absolute atomic E-state index is 0.196. The standard InChI is InChI=1S/C16H16BrNO2S/c1-12-6-8-14(9-7-12)21(19,20)18-11-13(10-17)15-4-2-3-5-16(15)18/h2-9,13H,10-11H2,1H3. The molecule has 0 saturated heterocycles. The average Bonchev–Trinajstić information content (AvgIpc) is 2.87. The van der Waals surface area contributed by atoms with Crippen molar-refractivity contribution in [1.82, 2.24) is 0 Å². The third kappa shape index (κ3) is 2.49. The zero-order valence-electron chi connectivity index (χ0n) is 11.7. The smallest absolute Gasteiger partial charge is 0.264 e. The van der Waals surface area contributed by atoms with Crippen LogP contribution in [0.25, 0.3) is 0 Å². The lowest BCUT2D eigenvalue weighted by atomic mass is 10.0. The largest absolute Gasteiger partial charge is 0.265 e. The third-order valence-corrected chi connectivity index (χ3v) is 6.40. The number of hydrogen-bond donors (Lipinski definition) is 0. The summed E-state index contributed by atoms with van der Waals surface area (Å²) in [5.74, 6) is 0.196. The lowest BCUT2D eigenvalue weighted by Crippen LogP contribution is -2.30. The lowest BCUT2D eigenvalue weighted by Gasteiger charge is -2.20. The van der Waals surface area contributed by atoms with Crippen LogP contribution in [0.3, 0.4) is 0 Å². The van der Waals surface area contributed by atoms with E-state index in [4.69, 9.17) is 0 Å². The van der Waals surface area contributed by atoms with Gasteiger partial charge in [-0.1, -0.05) is 51.8 Å². The van der Waals surface area contributed by atoms with Crippen LogP contribution in [0, 0.1) is 6.92 Å². The summed E-state index contributed by atoms with van der Waals surface area (Å²) < 4.78 is 27.3. The van der Waals surface area contributed by atoms with Gasteiger partial charge in [0.15, 0.2) is 0 Å². The summed E-state index contributed by atoms with van der Waals surface area (Å²) >= 11 is 3.48. The van der Waals surface area contributed by atoms with Gasteiger partial charge in [0.1, 0.15) is 0 Å². The van der Waals surface area contributed by atoms with Gasteiger partial charge in [0.2, 0.25) is 0 Å². The first-order valence-corrected chi connectivity index (χ1v) is 9.34. The van der Waals surface area contributed by atoms with E-state index in [-0.39, 0.29) is 5.92 Å². The predicted octanol–water partition coefficient (Wildman–Crippen LogP) is 3.68. The Kier molecular flexibility index (Phi) is 3.80. The molecular weight excluding hydrogens is 350 g/mol. The number of sulfonamides is 1. The van der Waals surface area contributed by atoms with Crippen LogP contribution in [-0.4, -0.2) is 20.3 Å². The second-order valence-corrected chi connectivity index (χ2v) is 7.77. The minimum Gasteiger partial charge on any atom is -0.265 e. The van der Waals surface area contributed by atoms with Crippen LogP contribution in [0.2, 0.25) is 0 Å². The number of hydrogen-bond acceptors (Lipinski definition) is 2. The van der Waals surface area contributed by atoms with Gasteiger partial charge in [0.05, 0.1) is 10.6 Å². The summed E-state index contributed by atoms with van der Waals surface area (Å²) in [7, 11) is -3.50. The molecule has 2 aromatic carbocycles. The fourth-order valence-electron chi connectivity index (χ4n) is 2.65. The highest BCUT2D eigenvalue weighted by atomic mass is 79.9. The average molecular weight is 366 g/mol. The van der Waals surface area contributed by atoms with Gasteiger partial charge < -0.3 is 0 Å². The molecule has 0 saturated carbocycles. The molecule has 110 valence electrons. The van der Waals surface area contributed by atoms with Gasteiger partial charge in [0, 0.05) is 17.8 Å². The summed E-state index contributed by atoms with van der Waals surface area (Å²) in [6, 6.07) is 14.7. The number of alkyl halides is 1. The molecule has 1 atom stereocenters. The van der Waals surface area contributed by atoms with E-state index in [1.165, 1.54) is 4.31 Å². The fourth-order valence-corrected chi connectivity index (χ4v) is 4.74. The molecule has 1 aliphatic rings. The number of para-hydroxylation sites is 1. The van der Waals surface area contributed by atoms with E-state index in [0.29, 0.717) is 11.4 Å². The van der Waals surface area contributed by atoms with E-state index < -0.39 is 10.0 Å². The normalized spacial score (nSPS) is 17.8. The van der Waals surface area contributed by atoms with Gasteiger partial charge in [-0.25, -0.2) is 8.42 Å². The van der Waals surface area contributed by atoms with Crippen LogP contribution >= 0.6 is 15.9 Å². The Labute approximate surface area is 133 Å². The first kappa shape index (κ1) is 14.6. The molecule has 21 heavy (non-hydrogen) atoms. The molecule has 0 aliphatic carbocycles. The molecule has 2 aromatic rings. The summed E-state index contributed by atoms with van der Waals surface area (Å²) in [6.07, 6.45) is 0. The van der Waals surface area contributed by atoms with Crippen molar-refractivity contribution in [1.29, 1.82) is 0 Å². The summed E-state index contributed by atoms with van der Waals surface area (Å²) in [6.45, 7) is 2.43. The topological polar surface area (TPSA) is 37.4 Å². The second kappa shape index (κ2) is 5.46. The number of halogens is 1. The van der Waals surface area contributed by atoms with Crippen molar-refractivity contribution in [2.45, 2.75) is 17.7 Å². The number of fused-ring (bicyclic) bond motifs is 1. The fraction of sp³-hybridized carbons (Fsp3) is 0.250.